The lowest BCUT2D eigenvalue weighted by Gasteiger charge is -2.15. The molecule has 25 heavy (non-hydrogen) atoms. The topological polar surface area (TPSA) is 29.5 Å². The van der Waals surface area contributed by atoms with Gasteiger partial charge in [-0.3, -0.25) is 9.69 Å². The zero-order valence-electron chi connectivity index (χ0n) is 14.4. The molecule has 1 heterocycles. The minimum absolute atomic E-state index is 0.0698. The van der Waals surface area contributed by atoms with Gasteiger partial charge in [0.15, 0.2) is 4.32 Å². The van der Waals surface area contributed by atoms with Gasteiger partial charge in [0.2, 0.25) is 0 Å². The number of hydrogen-bond donors (Lipinski definition) is 0. The zero-order valence-corrected chi connectivity index (χ0v) is 16.0. The molecule has 3 nitrogen and oxygen atoms in total. The first kappa shape index (κ1) is 17.7. The summed E-state index contributed by atoms with van der Waals surface area (Å²) in [5.41, 5.74) is 3.91. The number of thioether (sulfide) groups is 1. The third kappa shape index (κ3) is 3.48. The molecule has 0 atom stereocenters. The molecule has 128 valence electrons. The van der Waals surface area contributed by atoms with E-state index in [2.05, 4.69) is 6.92 Å². The van der Waals surface area contributed by atoms with E-state index >= 15 is 0 Å². The fraction of sp³-hybridized carbons (Fsp3) is 0.200. The SMILES string of the molecule is CCc1ccc(N2C(=O)/C(=C(\C)c3cccc(OC)c3)SC2=S)cc1. The number of ether oxygens (including phenoxy) is 1. The number of nitrogens with zero attached hydrogens (tertiary/aromatic N) is 1. The highest BCUT2D eigenvalue weighted by Gasteiger charge is 2.34. The van der Waals surface area contributed by atoms with Gasteiger partial charge in [-0.1, -0.05) is 55.2 Å². The fourth-order valence-corrected chi connectivity index (χ4v) is 4.03. The molecule has 1 aliphatic rings. The van der Waals surface area contributed by atoms with Gasteiger partial charge in [0, 0.05) is 0 Å². The first-order valence-electron chi connectivity index (χ1n) is 8.05. The Morgan fingerprint density at radius 1 is 1.20 bits per heavy atom. The minimum atomic E-state index is -0.0698. The Hall–Kier alpha value is -2.11. The van der Waals surface area contributed by atoms with Gasteiger partial charge in [-0.2, -0.15) is 0 Å². The molecule has 0 aliphatic carbocycles. The Morgan fingerprint density at radius 3 is 2.56 bits per heavy atom. The second-order valence-corrected chi connectivity index (χ2v) is 7.36. The van der Waals surface area contributed by atoms with Crippen molar-refractivity contribution in [2.45, 2.75) is 20.3 Å². The number of benzene rings is 2. The van der Waals surface area contributed by atoms with Crippen molar-refractivity contribution in [3.63, 3.8) is 0 Å². The van der Waals surface area contributed by atoms with Crippen LogP contribution in [-0.2, 0) is 11.2 Å². The number of carbonyl (C=O) groups is 1. The van der Waals surface area contributed by atoms with E-state index in [1.165, 1.54) is 17.3 Å². The van der Waals surface area contributed by atoms with Crippen LogP contribution in [0.5, 0.6) is 5.75 Å². The summed E-state index contributed by atoms with van der Waals surface area (Å²) in [5.74, 6) is 0.696. The molecule has 0 spiro atoms. The summed E-state index contributed by atoms with van der Waals surface area (Å²) in [7, 11) is 1.63. The molecule has 0 bridgehead atoms. The van der Waals surface area contributed by atoms with Crippen molar-refractivity contribution in [1.29, 1.82) is 0 Å². The summed E-state index contributed by atoms with van der Waals surface area (Å²) in [5, 5.41) is 0. The molecule has 1 fully saturated rings. The van der Waals surface area contributed by atoms with Crippen LogP contribution in [-0.4, -0.2) is 17.3 Å². The highest BCUT2D eigenvalue weighted by atomic mass is 32.2. The van der Waals surface area contributed by atoms with Crippen molar-refractivity contribution in [2.24, 2.45) is 0 Å². The van der Waals surface area contributed by atoms with Crippen LogP contribution < -0.4 is 9.64 Å². The Bertz CT molecular complexity index is 856. The molecule has 0 aromatic heterocycles. The molecule has 3 rings (SSSR count). The van der Waals surface area contributed by atoms with Gasteiger partial charge in [-0.25, -0.2) is 0 Å². The maximum absolute atomic E-state index is 13.0. The molecule has 2 aromatic carbocycles. The van der Waals surface area contributed by atoms with Crippen LogP contribution in [0.2, 0.25) is 0 Å². The first-order chi connectivity index (χ1) is 12.0. The lowest BCUT2D eigenvalue weighted by atomic mass is 10.1. The maximum Gasteiger partial charge on any atom is 0.271 e. The van der Waals surface area contributed by atoms with Gasteiger partial charge >= 0.3 is 0 Å². The van der Waals surface area contributed by atoms with E-state index in [-0.39, 0.29) is 5.91 Å². The van der Waals surface area contributed by atoms with Crippen molar-refractivity contribution >= 4 is 45.5 Å². The van der Waals surface area contributed by atoms with E-state index in [9.17, 15) is 4.79 Å². The van der Waals surface area contributed by atoms with Crippen LogP contribution in [0, 0.1) is 0 Å². The fourth-order valence-electron chi connectivity index (χ4n) is 2.69. The van der Waals surface area contributed by atoms with Crippen LogP contribution >= 0.6 is 24.0 Å². The van der Waals surface area contributed by atoms with E-state index in [0.29, 0.717) is 9.23 Å². The van der Waals surface area contributed by atoms with Crippen molar-refractivity contribution in [2.75, 3.05) is 12.0 Å². The van der Waals surface area contributed by atoms with Crippen molar-refractivity contribution < 1.29 is 9.53 Å². The summed E-state index contributed by atoms with van der Waals surface area (Å²) in [6, 6.07) is 15.7. The molecule has 0 unspecified atom stereocenters. The van der Waals surface area contributed by atoms with Gasteiger partial charge in [0.25, 0.3) is 5.91 Å². The maximum atomic E-state index is 13.0. The molecule has 5 heteroatoms. The first-order valence-corrected chi connectivity index (χ1v) is 9.28. The van der Waals surface area contributed by atoms with Crippen LogP contribution in [0.4, 0.5) is 5.69 Å². The number of thiocarbonyl (C=S) groups is 1. The second kappa shape index (κ2) is 7.42. The number of aryl methyl sites for hydroxylation is 1. The third-order valence-electron chi connectivity index (χ3n) is 4.22. The smallest absolute Gasteiger partial charge is 0.271 e. The van der Waals surface area contributed by atoms with Crippen LogP contribution in [0.15, 0.2) is 53.4 Å². The molecule has 1 amide bonds. The average Bonchev–Trinajstić information content (AvgIpc) is 2.95. The summed E-state index contributed by atoms with van der Waals surface area (Å²) < 4.78 is 5.84. The van der Waals surface area contributed by atoms with E-state index < -0.39 is 0 Å². The highest BCUT2D eigenvalue weighted by molar-refractivity contribution is 8.27. The minimum Gasteiger partial charge on any atom is -0.497 e. The molecule has 2 aromatic rings. The predicted octanol–water partition coefficient (Wildman–Crippen LogP) is 5.05. The Labute approximate surface area is 157 Å². The van der Waals surface area contributed by atoms with Crippen molar-refractivity contribution in [3.8, 4) is 5.75 Å². The number of hydrogen-bond acceptors (Lipinski definition) is 4. The number of rotatable bonds is 4. The van der Waals surface area contributed by atoms with Gasteiger partial charge in [0.1, 0.15) is 5.75 Å². The number of allylic oxidation sites excluding steroid dienone is 1. The lowest BCUT2D eigenvalue weighted by Crippen LogP contribution is -2.27. The summed E-state index contributed by atoms with van der Waals surface area (Å²) in [6.45, 7) is 4.05. The highest BCUT2D eigenvalue weighted by Crippen LogP contribution is 2.39. The number of carbonyl (C=O) groups excluding carboxylic acids is 1. The quantitative estimate of drug-likeness (QED) is 0.557. The van der Waals surface area contributed by atoms with E-state index in [0.717, 1.165) is 29.0 Å². The van der Waals surface area contributed by atoms with Crippen LogP contribution in [0.25, 0.3) is 5.57 Å². The monoisotopic (exact) mass is 369 g/mol. The van der Waals surface area contributed by atoms with Crippen molar-refractivity contribution in [1.82, 2.24) is 0 Å². The van der Waals surface area contributed by atoms with Gasteiger partial charge in [-0.15, -0.1) is 0 Å². The van der Waals surface area contributed by atoms with Gasteiger partial charge in [-0.05, 0) is 54.3 Å². The number of methoxy groups -OCH3 is 1. The van der Waals surface area contributed by atoms with E-state index in [1.54, 1.807) is 12.0 Å². The molecular weight excluding hydrogens is 350 g/mol. The van der Waals surface area contributed by atoms with Crippen LogP contribution in [0.1, 0.15) is 25.0 Å². The Kier molecular flexibility index (Phi) is 5.25. The van der Waals surface area contributed by atoms with Crippen LogP contribution in [0.3, 0.4) is 0 Å². The summed E-state index contributed by atoms with van der Waals surface area (Å²) in [4.78, 5) is 15.2. The molecule has 0 saturated carbocycles. The Morgan fingerprint density at radius 2 is 1.92 bits per heavy atom. The molecule has 1 saturated heterocycles. The average molecular weight is 370 g/mol. The van der Waals surface area contributed by atoms with E-state index in [4.69, 9.17) is 17.0 Å². The van der Waals surface area contributed by atoms with E-state index in [1.807, 2.05) is 55.5 Å². The predicted molar refractivity (Wildman–Crippen MR) is 109 cm³/mol. The standard InChI is InChI=1S/C20H19NO2S2/c1-4-14-8-10-16(11-9-14)21-19(22)18(25-20(21)24)13(2)15-6-5-7-17(12-15)23-3/h5-12H,4H2,1-3H3/b18-13-. The largest absolute Gasteiger partial charge is 0.497 e. The zero-order chi connectivity index (χ0) is 18.0. The third-order valence-corrected chi connectivity index (χ3v) is 5.69. The van der Waals surface area contributed by atoms with Crippen molar-refractivity contribution in [3.05, 3.63) is 64.6 Å². The summed E-state index contributed by atoms with van der Waals surface area (Å²) in [6.07, 6.45) is 0.966. The van der Waals surface area contributed by atoms with Gasteiger partial charge in [0.05, 0.1) is 17.7 Å². The molecular formula is C20H19NO2S2. The Balaban J connectivity index is 1.96. The summed E-state index contributed by atoms with van der Waals surface area (Å²) >= 11 is 6.81. The molecule has 1 aliphatic heterocycles. The molecule has 0 radical (unpaired) electrons. The second-order valence-electron chi connectivity index (χ2n) is 5.71. The molecule has 0 N–H and O–H groups in total. The number of anilines is 1. The normalized spacial score (nSPS) is 16.4. The lowest BCUT2D eigenvalue weighted by molar-refractivity contribution is -0.113. The van der Waals surface area contributed by atoms with Gasteiger partial charge < -0.3 is 4.74 Å². The number of amides is 1.